The largest absolute Gasteiger partial charge is 0.454 e. The van der Waals surface area contributed by atoms with Crippen molar-refractivity contribution >= 4 is 52.4 Å². The Balaban J connectivity index is 0.000000139. The standard InChI is InChI=1S/C29H33N3O3S.C29H39N3O3S.C28H32O4.C2H6O/c1-3-11-29(33)12-10-23-21-7-4-17-13-19(31-32-27(30)36)6-8-20(17)26(21)22(15-28(23,29)2)18-5-9-24-25(14-18)35-16-34-24;1-4-13-29(33)14-10-25-23-9-8-21(11-15-31-32-27(30)36)22(5-2)26(23)24(18-28(25,29)3)20-7-6-16-34-19-35-17-12-20;1-3-11-28(30)12-10-23-21-7-4-17-13-19(29)6-8-20(17)26(21)22(15-27(23,28)2)18-5-9-24-25(14-18)32-16-31-24;1-2-3/h5,9,13-14,21-23,33H,4,6-8,10,12,15-16H2,1-2H3,(H3,30,32,36);6-7,11-12,15,23-25,33H,5,8-10,14,16-19H2,1-3H3,(H3,30,32,36);5,9,13-14,21-25,30H,4,6-8,10,12,15-16H2,1-2H3;3H,2H2,1H3/b;7-6?,20-12?,21-11-,31-15?;;/t21-,22+,23-,28-,29-;23-,24+,25-,28-,29-;21-,22+,23-,24?,25?,27-,28-;/m000./s1. The number of nitrogens with two attached hydrogens (primary N) is 2. The number of hydrogen-bond donors (Lipinski definition) is 8. The fraction of sp³-hybridized carbons (Fsp3) is 0.580. The molecule has 3 aliphatic heterocycles. The molecule has 2 unspecified atom stereocenters. The van der Waals surface area contributed by atoms with Crippen LogP contribution >= 0.6 is 24.4 Å². The molecule has 7 fully saturated rings. The number of aliphatic hydroxyl groups excluding tert-OH is 1. The smallest absolute Gasteiger partial charge is 0.231 e. The van der Waals surface area contributed by atoms with Gasteiger partial charge in [0.25, 0.3) is 0 Å². The Kier molecular flexibility index (Phi) is 23.7. The second-order valence-electron chi connectivity index (χ2n) is 32.4. The van der Waals surface area contributed by atoms with Gasteiger partial charge in [-0.05, 0) is 296 Å². The maximum Gasteiger partial charge on any atom is 0.231 e. The van der Waals surface area contributed by atoms with Crippen LogP contribution in [0.4, 0.5) is 0 Å². The number of nitrogens with one attached hydrogen (secondary N) is 2. The van der Waals surface area contributed by atoms with E-state index >= 15 is 0 Å². The topological polar surface area (TPSA) is 254 Å². The fourth-order valence-electron chi connectivity index (χ4n) is 22.6. The number of thiocarbonyl (C=S) groups is 2. The highest BCUT2D eigenvalue weighted by molar-refractivity contribution is 7.80. The second-order valence-corrected chi connectivity index (χ2v) is 33.3. The molecule has 19 heteroatoms. The molecule has 0 aromatic heterocycles. The molecule has 10 N–H and O–H groups in total. The van der Waals surface area contributed by atoms with Gasteiger partial charge in [-0.2, -0.15) is 10.2 Å². The lowest BCUT2D eigenvalue weighted by Crippen LogP contribution is -2.51. The van der Waals surface area contributed by atoms with E-state index in [0.29, 0.717) is 68.7 Å². The first-order valence-corrected chi connectivity index (χ1v) is 40.0. The van der Waals surface area contributed by atoms with Gasteiger partial charge in [0, 0.05) is 53.2 Å². The zero-order valence-corrected chi connectivity index (χ0v) is 65.4. The third kappa shape index (κ3) is 14.8. The van der Waals surface area contributed by atoms with Gasteiger partial charge < -0.3 is 60.3 Å². The third-order valence-corrected chi connectivity index (χ3v) is 27.5. The summed E-state index contributed by atoms with van der Waals surface area (Å²) in [5, 5.41) is 51.9. The van der Waals surface area contributed by atoms with Crippen molar-refractivity contribution in [2.45, 2.75) is 219 Å². The van der Waals surface area contributed by atoms with Gasteiger partial charge in [0.1, 0.15) is 42.6 Å². The van der Waals surface area contributed by atoms with E-state index in [2.05, 4.69) is 145 Å². The summed E-state index contributed by atoms with van der Waals surface area (Å²) in [6.07, 6.45) is 39.3. The molecule has 0 radical (unpaired) electrons. The number of fused-ring (bicyclic) bond motifs is 13. The minimum atomic E-state index is -0.958. The van der Waals surface area contributed by atoms with Crippen LogP contribution in [0, 0.1) is 99.1 Å². The van der Waals surface area contributed by atoms with Gasteiger partial charge in [-0.3, -0.25) is 15.6 Å². The van der Waals surface area contributed by atoms with Crippen molar-refractivity contribution < 1.29 is 53.6 Å². The van der Waals surface area contributed by atoms with Gasteiger partial charge in [-0.25, -0.2) is 0 Å². The molecule has 15 aliphatic rings. The molecule has 1 aromatic carbocycles. The highest BCUT2D eigenvalue weighted by atomic mass is 32.1. The Morgan fingerprint density at radius 1 is 0.636 bits per heavy atom. The minimum absolute atomic E-state index is 0.00242. The van der Waals surface area contributed by atoms with Crippen LogP contribution in [0.1, 0.15) is 195 Å². The van der Waals surface area contributed by atoms with E-state index < -0.39 is 16.8 Å². The van der Waals surface area contributed by atoms with Crippen LogP contribution in [0.5, 0.6) is 11.5 Å². The number of aliphatic hydroxyl groups is 4. The van der Waals surface area contributed by atoms with Gasteiger partial charge in [-0.1, -0.05) is 98.6 Å². The summed E-state index contributed by atoms with van der Waals surface area (Å²) in [5.41, 5.74) is 30.5. The molecule has 3 heterocycles. The number of hydrogen-bond acceptors (Lipinski definition) is 15. The van der Waals surface area contributed by atoms with Crippen LogP contribution in [0.15, 0.2) is 144 Å². The van der Waals surface area contributed by atoms with Gasteiger partial charge >= 0.3 is 0 Å². The van der Waals surface area contributed by atoms with Crippen LogP contribution in [-0.2, 0) is 23.7 Å². The Hall–Kier alpha value is -7.03. The number of carbonyl (C=O) groups is 1. The van der Waals surface area contributed by atoms with E-state index in [1.807, 2.05) is 32.9 Å². The molecule has 107 heavy (non-hydrogen) atoms. The Morgan fingerprint density at radius 2 is 1.19 bits per heavy atom. The molecule has 17 nitrogen and oxygen atoms in total. The molecule has 0 amide bonds. The number of nitrogens with zero attached hydrogens (tertiary/aromatic N) is 2. The average Bonchev–Trinajstić information content (AvgIpc) is 1.63. The van der Waals surface area contributed by atoms with Crippen molar-refractivity contribution in [2.75, 3.05) is 40.2 Å². The SMILES string of the molecule is CC#C[C@]1(O)CC[C@H]2[C@@H]3CC/C(=C/C=NNC(N)=S)C(CC)=C3[C@@H](C3=CCOCOCC=C3)C[C@@]21C.CC#C[C@]1(O)CC[C@H]2[C@@H]3CCC4=CC(=NNC(N)=S)CCC4=C3[C@@H](c3ccc4c(c3)OCO4)C[C@@]21C.CC#C[C@]1(O)CC[C@H]2[C@@H]3CCC4=CC(=O)CCC4=C3[C@@H](C3=CC4OCOC4C=C3)C[C@@]21C.CCO. The minimum Gasteiger partial charge on any atom is -0.454 e. The summed E-state index contributed by atoms with van der Waals surface area (Å²) in [4.78, 5) is 12.2. The highest BCUT2D eigenvalue weighted by Crippen LogP contribution is 2.70. The molecule has 0 bridgehead atoms. The first-order chi connectivity index (χ1) is 51.5. The number of ether oxygens (including phenoxy) is 6. The fourth-order valence-corrected chi connectivity index (χ4v) is 22.7. The molecule has 17 atom stereocenters. The van der Waals surface area contributed by atoms with Crippen molar-refractivity contribution in [3.8, 4) is 47.0 Å². The van der Waals surface area contributed by atoms with Crippen molar-refractivity contribution in [3.63, 3.8) is 0 Å². The molecule has 1 aromatic rings. The van der Waals surface area contributed by atoms with Gasteiger partial charge in [0.2, 0.25) is 6.79 Å². The van der Waals surface area contributed by atoms with Crippen LogP contribution in [0.2, 0.25) is 0 Å². The van der Waals surface area contributed by atoms with Crippen LogP contribution in [0.3, 0.4) is 0 Å². The van der Waals surface area contributed by atoms with E-state index in [-0.39, 0.29) is 75.6 Å². The molecule has 570 valence electrons. The molecule has 12 aliphatic carbocycles. The van der Waals surface area contributed by atoms with Crippen molar-refractivity contribution in [1.82, 2.24) is 10.9 Å². The number of rotatable bonds is 7. The van der Waals surface area contributed by atoms with Crippen LogP contribution in [0.25, 0.3) is 0 Å². The number of allylic oxidation sites excluding steroid dienone is 16. The van der Waals surface area contributed by atoms with E-state index in [9.17, 15) is 20.1 Å². The lowest BCUT2D eigenvalue weighted by Gasteiger charge is -2.54. The first-order valence-electron chi connectivity index (χ1n) is 39.2. The zero-order valence-electron chi connectivity index (χ0n) is 63.8. The summed E-state index contributed by atoms with van der Waals surface area (Å²) < 4.78 is 34.1. The summed E-state index contributed by atoms with van der Waals surface area (Å²) >= 11 is 9.79. The monoisotopic (exact) mass is 1490 g/mol. The van der Waals surface area contributed by atoms with Gasteiger partial charge in [-0.15, -0.1) is 17.8 Å². The van der Waals surface area contributed by atoms with E-state index in [4.69, 9.17) is 69.4 Å². The Labute approximate surface area is 644 Å². The Bertz CT molecular complexity index is 4290. The maximum absolute atomic E-state index is 12.2. The summed E-state index contributed by atoms with van der Waals surface area (Å²) in [6.45, 7) is 18.5. The second kappa shape index (κ2) is 32.5. The summed E-state index contributed by atoms with van der Waals surface area (Å²) in [6, 6.07) is 6.37. The number of hydrazone groups is 2. The van der Waals surface area contributed by atoms with Gasteiger partial charge in [0.05, 0.1) is 18.9 Å². The van der Waals surface area contributed by atoms with Crippen LogP contribution in [-0.4, -0.2) is 118 Å². The molecular weight excluding hydrogens is 1380 g/mol. The summed E-state index contributed by atoms with van der Waals surface area (Å²) in [5.74, 6) is 23.9. The van der Waals surface area contributed by atoms with E-state index in [1.54, 1.807) is 24.3 Å². The molecule has 1 saturated heterocycles. The predicted molar refractivity (Wildman–Crippen MR) is 425 cm³/mol. The third-order valence-electron chi connectivity index (χ3n) is 27.3. The molecule has 6 saturated carbocycles. The Morgan fingerprint density at radius 3 is 1.80 bits per heavy atom. The quantitative estimate of drug-likeness (QED) is 0.0547. The molecular formula is C88H110N6O11S2. The lowest BCUT2D eigenvalue weighted by molar-refractivity contribution is -0.114. The number of carbonyl (C=O) groups excluding carboxylic acids is 1. The summed E-state index contributed by atoms with van der Waals surface area (Å²) in [7, 11) is 0. The first kappa shape index (κ1) is 78.1. The highest BCUT2D eigenvalue weighted by Gasteiger charge is 2.66. The lowest BCUT2D eigenvalue weighted by atomic mass is 9.51. The maximum atomic E-state index is 12.2. The average molecular weight is 1490 g/mol. The van der Waals surface area contributed by atoms with Crippen LogP contribution < -0.4 is 31.8 Å². The van der Waals surface area contributed by atoms with E-state index in [0.717, 1.165) is 139 Å². The predicted octanol–water partition coefficient (Wildman–Crippen LogP) is 13.6. The normalized spacial score (nSPS) is 37.4. The van der Waals surface area contributed by atoms with Gasteiger partial charge in [0.15, 0.2) is 27.5 Å². The number of benzene rings is 1. The van der Waals surface area contributed by atoms with E-state index in [1.165, 1.54) is 55.7 Å². The molecule has 16 rings (SSSR count). The van der Waals surface area contributed by atoms with Crippen molar-refractivity contribution in [3.05, 3.63) is 140 Å². The molecule has 0 spiro atoms. The van der Waals surface area contributed by atoms with Crippen molar-refractivity contribution in [1.29, 1.82) is 0 Å². The zero-order chi connectivity index (χ0) is 75.6. The van der Waals surface area contributed by atoms with Crippen molar-refractivity contribution in [2.24, 2.45) is 85.3 Å². The number of ketones is 1.